The van der Waals surface area contributed by atoms with Gasteiger partial charge in [0.2, 0.25) is 0 Å². The molecule has 1 aliphatic rings. The van der Waals surface area contributed by atoms with Gasteiger partial charge >= 0.3 is 0 Å². The molecule has 0 spiro atoms. The smallest absolute Gasteiger partial charge is 0.154 e. The molecule has 2 nitrogen and oxygen atoms in total. The van der Waals surface area contributed by atoms with Crippen molar-refractivity contribution in [2.75, 3.05) is 0 Å². The van der Waals surface area contributed by atoms with Crippen molar-refractivity contribution in [1.29, 1.82) is 10.5 Å². The van der Waals surface area contributed by atoms with Gasteiger partial charge in [-0.25, -0.2) is 0 Å². The third kappa shape index (κ3) is 1.95. The summed E-state index contributed by atoms with van der Waals surface area (Å²) in [6.45, 7) is 2.03. The van der Waals surface area contributed by atoms with E-state index in [1.165, 1.54) is 5.56 Å². The van der Waals surface area contributed by atoms with Crippen LogP contribution in [0.5, 0.6) is 0 Å². The molecule has 2 heteroatoms. The largest absolute Gasteiger partial charge is 0.197 e. The number of hydrogen-bond donors (Lipinski definition) is 0. The molecule has 84 valence electrons. The van der Waals surface area contributed by atoms with Crippen LogP contribution in [0.15, 0.2) is 36.4 Å². The van der Waals surface area contributed by atoms with Crippen molar-refractivity contribution in [3.8, 4) is 12.1 Å². The third-order valence-electron chi connectivity index (χ3n) is 3.45. The summed E-state index contributed by atoms with van der Waals surface area (Å²) >= 11 is 0. The summed E-state index contributed by atoms with van der Waals surface area (Å²) in [7, 11) is 0. The number of aryl methyl sites for hydroxylation is 1. The predicted molar refractivity (Wildman–Crippen MR) is 66.0 cm³/mol. The van der Waals surface area contributed by atoms with Crippen LogP contribution in [-0.2, 0) is 0 Å². The molecule has 0 saturated carbocycles. The van der Waals surface area contributed by atoms with Gasteiger partial charge in [0, 0.05) is 5.92 Å². The first kappa shape index (κ1) is 11.4. The summed E-state index contributed by atoms with van der Waals surface area (Å²) in [6.07, 6.45) is 5.30. The van der Waals surface area contributed by atoms with E-state index in [9.17, 15) is 10.5 Å². The van der Waals surface area contributed by atoms with Crippen LogP contribution in [0.3, 0.4) is 0 Å². The Morgan fingerprint density at radius 2 is 1.76 bits per heavy atom. The van der Waals surface area contributed by atoms with E-state index in [1.807, 2.05) is 37.3 Å². The van der Waals surface area contributed by atoms with E-state index in [0.717, 1.165) is 12.0 Å². The average Bonchev–Trinajstić information content (AvgIpc) is 2.39. The standard InChI is InChI=1S/C15H14N2/c1-12-5-7-13(8-6-12)14-4-2-3-9-15(14,10-16)11-17/h2-3,5-8,14H,4,9H2,1H3. The van der Waals surface area contributed by atoms with E-state index < -0.39 is 5.41 Å². The van der Waals surface area contributed by atoms with Crippen molar-refractivity contribution in [2.24, 2.45) is 5.41 Å². The lowest BCUT2D eigenvalue weighted by atomic mass is 9.68. The first-order valence-electron chi connectivity index (χ1n) is 5.76. The van der Waals surface area contributed by atoms with Gasteiger partial charge in [0.05, 0.1) is 12.1 Å². The second kappa shape index (κ2) is 4.44. The number of nitrogens with zero attached hydrogens (tertiary/aromatic N) is 2. The molecule has 0 bridgehead atoms. The van der Waals surface area contributed by atoms with Crippen molar-refractivity contribution >= 4 is 0 Å². The minimum Gasteiger partial charge on any atom is -0.197 e. The number of rotatable bonds is 1. The van der Waals surface area contributed by atoms with Crippen LogP contribution >= 0.6 is 0 Å². The van der Waals surface area contributed by atoms with Crippen LogP contribution in [0.1, 0.15) is 29.9 Å². The normalized spacial score (nSPS) is 21.5. The molecular weight excluding hydrogens is 208 g/mol. The van der Waals surface area contributed by atoms with Gasteiger partial charge < -0.3 is 0 Å². The Labute approximate surface area is 102 Å². The lowest BCUT2D eigenvalue weighted by Crippen LogP contribution is -2.27. The van der Waals surface area contributed by atoms with Crippen LogP contribution in [0.2, 0.25) is 0 Å². The summed E-state index contributed by atoms with van der Waals surface area (Å²) in [5.41, 5.74) is 1.38. The topological polar surface area (TPSA) is 47.6 Å². The summed E-state index contributed by atoms with van der Waals surface area (Å²) in [4.78, 5) is 0. The highest BCUT2D eigenvalue weighted by Crippen LogP contribution is 2.43. The van der Waals surface area contributed by atoms with E-state index in [-0.39, 0.29) is 5.92 Å². The molecule has 0 aromatic heterocycles. The zero-order chi connectivity index (χ0) is 12.3. The molecule has 1 aromatic rings. The van der Waals surface area contributed by atoms with E-state index in [2.05, 4.69) is 18.2 Å². The highest BCUT2D eigenvalue weighted by molar-refractivity contribution is 5.35. The van der Waals surface area contributed by atoms with E-state index >= 15 is 0 Å². The molecule has 2 rings (SSSR count). The number of nitriles is 2. The zero-order valence-electron chi connectivity index (χ0n) is 9.85. The summed E-state index contributed by atoms with van der Waals surface area (Å²) in [6, 6.07) is 12.6. The van der Waals surface area contributed by atoms with E-state index in [1.54, 1.807) is 0 Å². The first-order valence-corrected chi connectivity index (χ1v) is 5.76. The SMILES string of the molecule is Cc1ccc(C2CC=CCC2(C#N)C#N)cc1. The van der Waals surface area contributed by atoms with Crippen molar-refractivity contribution in [1.82, 2.24) is 0 Å². The molecule has 17 heavy (non-hydrogen) atoms. The maximum atomic E-state index is 9.32. The van der Waals surface area contributed by atoms with Gasteiger partial charge in [-0.05, 0) is 25.3 Å². The lowest BCUT2D eigenvalue weighted by Gasteiger charge is -2.30. The molecule has 0 fully saturated rings. The zero-order valence-corrected chi connectivity index (χ0v) is 9.85. The number of benzene rings is 1. The Balaban J connectivity index is 2.43. The van der Waals surface area contributed by atoms with Crippen molar-refractivity contribution < 1.29 is 0 Å². The van der Waals surface area contributed by atoms with E-state index in [4.69, 9.17) is 0 Å². The van der Waals surface area contributed by atoms with Gasteiger partial charge in [0.15, 0.2) is 5.41 Å². The average molecular weight is 222 g/mol. The molecule has 1 aliphatic carbocycles. The van der Waals surface area contributed by atoms with Crippen molar-refractivity contribution in [3.05, 3.63) is 47.5 Å². The van der Waals surface area contributed by atoms with Crippen molar-refractivity contribution in [2.45, 2.75) is 25.7 Å². The third-order valence-corrected chi connectivity index (χ3v) is 3.45. The molecule has 0 aliphatic heterocycles. The Bertz CT molecular complexity index is 497. The minimum absolute atomic E-state index is 0.0110. The minimum atomic E-state index is -0.899. The summed E-state index contributed by atoms with van der Waals surface area (Å²) in [5, 5.41) is 18.6. The molecule has 0 amide bonds. The van der Waals surface area contributed by atoms with Gasteiger partial charge in [-0.2, -0.15) is 10.5 Å². The van der Waals surface area contributed by atoms with Gasteiger partial charge in [0.1, 0.15) is 0 Å². The number of allylic oxidation sites excluding steroid dienone is 2. The van der Waals surface area contributed by atoms with Gasteiger partial charge in [-0.1, -0.05) is 42.0 Å². The fourth-order valence-corrected chi connectivity index (χ4v) is 2.34. The molecule has 0 heterocycles. The molecule has 0 radical (unpaired) electrons. The van der Waals surface area contributed by atoms with Crippen LogP contribution < -0.4 is 0 Å². The Kier molecular flexibility index (Phi) is 2.98. The Morgan fingerprint density at radius 3 is 2.35 bits per heavy atom. The lowest BCUT2D eigenvalue weighted by molar-refractivity contribution is 0.399. The predicted octanol–water partition coefficient (Wildman–Crippen LogP) is 3.46. The van der Waals surface area contributed by atoms with Gasteiger partial charge in [0.25, 0.3) is 0 Å². The maximum absolute atomic E-state index is 9.32. The fraction of sp³-hybridized carbons (Fsp3) is 0.333. The maximum Gasteiger partial charge on any atom is 0.154 e. The molecular formula is C15H14N2. The molecule has 0 saturated heterocycles. The highest BCUT2D eigenvalue weighted by atomic mass is 14.5. The quantitative estimate of drug-likeness (QED) is 0.683. The highest BCUT2D eigenvalue weighted by Gasteiger charge is 2.40. The summed E-state index contributed by atoms with van der Waals surface area (Å²) in [5.74, 6) is -0.0110. The number of hydrogen-bond acceptors (Lipinski definition) is 2. The van der Waals surface area contributed by atoms with Crippen LogP contribution in [0, 0.1) is 35.0 Å². The Hall–Kier alpha value is -2.06. The fourth-order valence-electron chi connectivity index (χ4n) is 2.34. The van der Waals surface area contributed by atoms with Crippen LogP contribution in [-0.4, -0.2) is 0 Å². The van der Waals surface area contributed by atoms with Crippen molar-refractivity contribution in [3.63, 3.8) is 0 Å². The molecule has 0 N–H and O–H groups in total. The molecule has 1 atom stereocenters. The monoisotopic (exact) mass is 222 g/mol. The van der Waals surface area contributed by atoms with Crippen LogP contribution in [0.25, 0.3) is 0 Å². The van der Waals surface area contributed by atoms with Gasteiger partial charge in [-0.15, -0.1) is 0 Å². The molecule has 1 aromatic carbocycles. The molecule has 1 unspecified atom stereocenters. The van der Waals surface area contributed by atoms with Gasteiger partial charge in [-0.3, -0.25) is 0 Å². The Morgan fingerprint density at radius 1 is 1.12 bits per heavy atom. The summed E-state index contributed by atoms with van der Waals surface area (Å²) < 4.78 is 0. The second-order valence-corrected chi connectivity index (χ2v) is 4.57. The van der Waals surface area contributed by atoms with Crippen LogP contribution in [0.4, 0.5) is 0 Å². The first-order chi connectivity index (χ1) is 8.22. The second-order valence-electron chi connectivity index (χ2n) is 4.57. The van der Waals surface area contributed by atoms with E-state index in [0.29, 0.717) is 6.42 Å².